The summed E-state index contributed by atoms with van der Waals surface area (Å²) in [4.78, 5) is 8.34. The number of anilines is 2. The van der Waals surface area contributed by atoms with Gasteiger partial charge in [-0.2, -0.15) is 4.39 Å². The van der Waals surface area contributed by atoms with Crippen LogP contribution in [0.5, 0.6) is 0 Å². The van der Waals surface area contributed by atoms with Crippen molar-refractivity contribution in [3.05, 3.63) is 18.2 Å². The van der Waals surface area contributed by atoms with Gasteiger partial charge in [0.05, 0.1) is 17.6 Å². The first-order valence-corrected chi connectivity index (χ1v) is 5.53. The smallest absolute Gasteiger partial charge is 0.236 e. The molecule has 0 amide bonds. The van der Waals surface area contributed by atoms with E-state index in [9.17, 15) is 4.39 Å². The van der Waals surface area contributed by atoms with Gasteiger partial charge >= 0.3 is 0 Å². The molecule has 2 bridgehead atoms. The predicted molar refractivity (Wildman–Crippen MR) is 60.8 cm³/mol. The van der Waals surface area contributed by atoms with Crippen LogP contribution in [0.1, 0.15) is 6.42 Å². The fourth-order valence-electron chi connectivity index (χ4n) is 2.79. The Bertz CT molecular complexity index is 420. The summed E-state index contributed by atoms with van der Waals surface area (Å²) < 4.78 is 13.0. The molecule has 0 unspecified atom stereocenters. The molecule has 2 atom stereocenters. The molecule has 4 nitrogen and oxygen atoms in total. The highest BCUT2D eigenvalue weighted by atomic mass is 19.1. The predicted octanol–water partition coefficient (Wildman–Crippen LogP) is 0.696. The minimum atomic E-state index is -0.578. The van der Waals surface area contributed by atoms with Crippen LogP contribution in [-0.2, 0) is 0 Å². The molecule has 16 heavy (non-hydrogen) atoms. The fraction of sp³-hybridized carbons (Fsp3) is 0.545. The minimum Gasteiger partial charge on any atom is -0.395 e. The average Bonchev–Trinajstić information content (AvgIpc) is 2.80. The van der Waals surface area contributed by atoms with Gasteiger partial charge in [-0.3, -0.25) is 4.90 Å². The zero-order chi connectivity index (χ0) is 11.3. The van der Waals surface area contributed by atoms with E-state index in [-0.39, 0.29) is 5.69 Å². The second kappa shape index (κ2) is 3.31. The molecule has 2 aliphatic rings. The number of hydrogen-bond acceptors (Lipinski definition) is 4. The summed E-state index contributed by atoms with van der Waals surface area (Å²) in [6, 6.07) is 2.83. The summed E-state index contributed by atoms with van der Waals surface area (Å²) in [6.45, 7) is 2.07. The third-order valence-electron chi connectivity index (χ3n) is 3.70. The van der Waals surface area contributed by atoms with E-state index in [2.05, 4.69) is 21.8 Å². The average molecular weight is 222 g/mol. The maximum Gasteiger partial charge on any atom is 0.236 e. The highest BCUT2D eigenvalue weighted by Gasteiger charge is 2.41. The lowest BCUT2D eigenvalue weighted by atomic mass is 10.2. The zero-order valence-electron chi connectivity index (χ0n) is 9.23. The molecular formula is C11H15FN4. The van der Waals surface area contributed by atoms with Crippen molar-refractivity contribution in [2.45, 2.75) is 18.5 Å². The molecule has 3 rings (SSSR count). The van der Waals surface area contributed by atoms with Crippen LogP contribution in [0, 0.1) is 5.95 Å². The monoisotopic (exact) mass is 222 g/mol. The molecule has 0 aromatic carbocycles. The summed E-state index contributed by atoms with van der Waals surface area (Å²) in [5.74, 6) is -0.578. The molecule has 3 heterocycles. The number of aromatic nitrogens is 1. The van der Waals surface area contributed by atoms with Crippen molar-refractivity contribution in [1.29, 1.82) is 0 Å². The van der Waals surface area contributed by atoms with Crippen molar-refractivity contribution < 1.29 is 4.39 Å². The number of likely N-dealkylation sites (N-methyl/N-ethyl adjacent to an activating group) is 1. The second-order valence-electron chi connectivity index (χ2n) is 4.71. The first kappa shape index (κ1) is 9.84. The Balaban J connectivity index is 1.87. The van der Waals surface area contributed by atoms with E-state index in [0.29, 0.717) is 12.1 Å². The van der Waals surface area contributed by atoms with E-state index in [1.807, 2.05) is 0 Å². The van der Waals surface area contributed by atoms with Gasteiger partial charge in [-0.15, -0.1) is 0 Å². The molecule has 2 fully saturated rings. The third kappa shape index (κ3) is 1.35. The molecule has 0 spiro atoms. The largest absolute Gasteiger partial charge is 0.395 e. The van der Waals surface area contributed by atoms with Crippen molar-refractivity contribution in [1.82, 2.24) is 9.88 Å². The fourth-order valence-corrected chi connectivity index (χ4v) is 2.79. The number of nitrogens with zero attached hydrogens (tertiary/aromatic N) is 3. The van der Waals surface area contributed by atoms with Gasteiger partial charge in [0.1, 0.15) is 0 Å². The molecule has 5 heteroatoms. The van der Waals surface area contributed by atoms with Crippen molar-refractivity contribution in [3.8, 4) is 0 Å². The van der Waals surface area contributed by atoms with Crippen LogP contribution in [-0.4, -0.2) is 42.1 Å². The summed E-state index contributed by atoms with van der Waals surface area (Å²) in [6.07, 6.45) is 2.76. The number of hydrogen-bond donors (Lipinski definition) is 1. The summed E-state index contributed by atoms with van der Waals surface area (Å²) in [5.41, 5.74) is 6.62. The zero-order valence-corrected chi connectivity index (χ0v) is 9.23. The van der Waals surface area contributed by atoms with Crippen molar-refractivity contribution in [2.24, 2.45) is 0 Å². The number of pyridine rings is 1. The van der Waals surface area contributed by atoms with Gasteiger partial charge in [0.25, 0.3) is 0 Å². The number of piperazine rings is 1. The Hall–Kier alpha value is -1.36. The summed E-state index contributed by atoms with van der Waals surface area (Å²) in [5, 5.41) is 0. The number of halogens is 1. The molecule has 0 saturated carbocycles. The van der Waals surface area contributed by atoms with E-state index in [1.54, 1.807) is 12.3 Å². The molecule has 2 saturated heterocycles. The van der Waals surface area contributed by atoms with Gasteiger partial charge < -0.3 is 10.6 Å². The molecule has 2 N–H and O–H groups in total. The van der Waals surface area contributed by atoms with Gasteiger partial charge in [-0.05, 0) is 19.5 Å². The van der Waals surface area contributed by atoms with Crippen LogP contribution in [0.4, 0.5) is 15.8 Å². The Labute approximate surface area is 93.9 Å². The van der Waals surface area contributed by atoms with Crippen molar-refractivity contribution in [3.63, 3.8) is 0 Å². The molecule has 2 aliphatic heterocycles. The van der Waals surface area contributed by atoms with Gasteiger partial charge in [0.15, 0.2) is 0 Å². The van der Waals surface area contributed by atoms with E-state index in [1.165, 1.54) is 6.42 Å². The van der Waals surface area contributed by atoms with Crippen LogP contribution in [0.3, 0.4) is 0 Å². The lowest BCUT2D eigenvalue weighted by molar-refractivity contribution is 0.292. The minimum absolute atomic E-state index is 0.133. The Morgan fingerprint density at radius 3 is 2.81 bits per heavy atom. The van der Waals surface area contributed by atoms with Gasteiger partial charge in [0, 0.05) is 25.2 Å². The van der Waals surface area contributed by atoms with Crippen LogP contribution in [0.25, 0.3) is 0 Å². The molecule has 0 aliphatic carbocycles. The van der Waals surface area contributed by atoms with E-state index < -0.39 is 5.95 Å². The topological polar surface area (TPSA) is 45.4 Å². The first-order chi connectivity index (χ1) is 7.65. The molecule has 1 aromatic rings. The number of nitrogen functional groups attached to an aromatic ring is 1. The highest BCUT2D eigenvalue weighted by Crippen LogP contribution is 2.33. The molecule has 0 radical (unpaired) electrons. The van der Waals surface area contributed by atoms with Crippen LogP contribution >= 0.6 is 0 Å². The van der Waals surface area contributed by atoms with Crippen molar-refractivity contribution >= 4 is 11.4 Å². The summed E-state index contributed by atoms with van der Waals surface area (Å²) >= 11 is 0. The second-order valence-corrected chi connectivity index (χ2v) is 4.71. The SMILES string of the molecule is CN1C[C@@H]2C[C@H]1CN2c1cnc(F)c(N)c1. The normalized spacial score (nSPS) is 29.0. The quantitative estimate of drug-likeness (QED) is 0.710. The Kier molecular flexibility index (Phi) is 2.04. The lowest BCUT2D eigenvalue weighted by Crippen LogP contribution is -2.44. The maximum atomic E-state index is 13.0. The Morgan fingerprint density at radius 2 is 2.25 bits per heavy atom. The number of nitrogens with two attached hydrogens (primary N) is 1. The highest BCUT2D eigenvalue weighted by molar-refractivity contribution is 5.56. The van der Waals surface area contributed by atoms with Gasteiger partial charge in [0.2, 0.25) is 5.95 Å². The van der Waals surface area contributed by atoms with E-state index in [0.717, 1.165) is 18.8 Å². The number of likely N-dealkylation sites (tertiary alicyclic amines) is 1. The molecule has 86 valence electrons. The number of rotatable bonds is 1. The Morgan fingerprint density at radius 1 is 1.44 bits per heavy atom. The summed E-state index contributed by atoms with van der Waals surface area (Å²) in [7, 11) is 2.15. The van der Waals surface area contributed by atoms with Crippen molar-refractivity contribution in [2.75, 3.05) is 30.8 Å². The maximum absolute atomic E-state index is 13.0. The van der Waals surface area contributed by atoms with E-state index >= 15 is 0 Å². The van der Waals surface area contributed by atoms with E-state index in [4.69, 9.17) is 5.73 Å². The molecular weight excluding hydrogens is 207 g/mol. The van der Waals surface area contributed by atoms with Crippen LogP contribution in [0.2, 0.25) is 0 Å². The van der Waals surface area contributed by atoms with Crippen LogP contribution in [0.15, 0.2) is 12.3 Å². The standard InChI is InChI=1S/C11H15FN4/c1-15-5-9-2-8(15)6-16(9)7-3-10(13)11(12)14-4-7/h3-4,8-9H,2,5-6,13H2,1H3/t8-,9-/m0/s1. The first-order valence-electron chi connectivity index (χ1n) is 5.53. The van der Waals surface area contributed by atoms with Crippen LogP contribution < -0.4 is 10.6 Å². The van der Waals surface area contributed by atoms with Gasteiger partial charge in [-0.25, -0.2) is 4.98 Å². The van der Waals surface area contributed by atoms with Gasteiger partial charge in [-0.1, -0.05) is 0 Å². The lowest BCUT2D eigenvalue weighted by Gasteiger charge is -2.33. The third-order valence-corrected chi connectivity index (χ3v) is 3.70. The number of fused-ring (bicyclic) bond motifs is 2. The molecule has 1 aromatic heterocycles.